The maximum absolute atomic E-state index is 12.8. The zero-order valence-corrected chi connectivity index (χ0v) is 17.1. The normalized spacial score (nSPS) is 11.8. The lowest BCUT2D eigenvalue weighted by Crippen LogP contribution is -2.49. The van der Waals surface area contributed by atoms with E-state index in [-0.39, 0.29) is 18.4 Å². The summed E-state index contributed by atoms with van der Waals surface area (Å²) in [6.07, 6.45) is 0.678. The van der Waals surface area contributed by atoms with Crippen molar-refractivity contribution in [3.63, 3.8) is 0 Å². The SMILES string of the molecule is CNC(=O)C(C)N(CCc1ccccc1)C(=O)COc1ccc(C(C)C)cc1. The smallest absolute Gasteiger partial charge is 0.261 e. The van der Waals surface area contributed by atoms with Crippen LogP contribution in [0.15, 0.2) is 54.6 Å². The second kappa shape index (κ2) is 10.5. The average Bonchev–Trinajstić information content (AvgIpc) is 2.72. The fourth-order valence-electron chi connectivity index (χ4n) is 2.96. The number of amides is 2. The van der Waals surface area contributed by atoms with Gasteiger partial charge in [0.2, 0.25) is 5.91 Å². The summed E-state index contributed by atoms with van der Waals surface area (Å²) in [5, 5.41) is 2.62. The first-order valence-electron chi connectivity index (χ1n) is 9.70. The van der Waals surface area contributed by atoms with Crippen molar-refractivity contribution in [1.82, 2.24) is 10.2 Å². The highest BCUT2D eigenvalue weighted by Crippen LogP contribution is 2.18. The van der Waals surface area contributed by atoms with Gasteiger partial charge >= 0.3 is 0 Å². The predicted octanol–water partition coefficient (Wildman–Crippen LogP) is 3.39. The van der Waals surface area contributed by atoms with E-state index in [0.717, 1.165) is 5.56 Å². The minimum absolute atomic E-state index is 0.100. The molecule has 0 heterocycles. The molecule has 2 amide bonds. The van der Waals surface area contributed by atoms with E-state index in [9.17, 15) is 9.59 Å². The lowest BCUT2D eigenvalue weighted by atomic mass is 10.0. The molecule has 1 atom stereocenters. The van der Waals surface area contributed by atoms with Gasteiger partial charge in [-0.25, -0.2) is 0 Å². The molecular weight excluding hydrogens is 352 g/mol. The van der Waals surface area contributed by atoms with Crippen LogP contribution in [-0.2, 0) is 16.0 Å². The van der Waals surface area contributed by atoms with Gasteiger partial charge in [0.05, 0.1) is 0 Å². The molecule has 0 aromatic heterocycles. The molecule has 5 nitrogen and oxygen atoms in total. The third kappa shape index (κ3) is 6.12. The quantitative estimate of drug-likeness (QED) is 0.723. The number of carbonyl (C=O) groups is 2. The average molecular weight is 383 g/mol. The lowest BCUT2D eigenvalue weighted by Gasteiger charge is -2.28. The highest BCUT2D eigenvalue weighted by atomic mass is 16.5. The Kier molecular flexibility index (Phi) is 8.05. The molecule has 0 saturated carbocycles. The first kappa shape index (κ1) is 21.5. The van der Waals surface area contributed by atoms with Crippen molar-refractivity contribution in [3.05, 3.63) is 65.7 Å². The van der Waals surface area contributed by atoms with Gasteiger partial charge in [-0.3, -0.25) is 9.59 Å². The summed E-state index contributed by atoms with van der Waals surface area (Å²) in [5.41, 5.74) is 2.34. The molecule has 2 rings (SSSR count). The molecule has 0 bridgehead atoms. The second-order valence-corrected chi connectivity index (χ2v) is 7.13. The summed E-state index contributed by atoms with van der Waals surface area (Å²) < 4.78 is 5.68. The molecule has 2 aromatic carbocycles. The Morgan fingerprint density at radius 1 is 1.00 bits per heavy atom. The van der Waals surface area contributed by atoms with Crippen molar-refractivity contribution in [2.24, 2.45) is 0 Å². The Labute approximate surface area is 167 Å². The van der Waals surface area contributed by atoms with E-state index >= 15 is 0 Å². The van der Waals surface area contributed by atoms with Crippen LogP contribution < -0.4 is 10.1 Å². The summed E-state index contributed by atoms with van der Waals surface area (Å²) in [6, 6.07) is 17.1. The largest absolute Gasteiger partial charge is 0.484 e. The highest BCUT2D eigenvalue weighted by molar-refractivity contribution is 5.87. The zero-order chi connectivity index (χ0) is 20.5. The second-order valence-electron chi connectivity index (χ2n) is 7.13. The Balaban J connectivity index is 2.01. The van der Waals surface area contributed by atoms with Crippen LogP contribution in [0.5, 0.6) is 5.75 Å². The third-order valence-corrected chi connectivity index (χ3v) is 4.81. The van der Waals surface area contributed by atoms with Crippen molar-refractivity contribution in [2.45, 2.75) is 39.2 Å². The van der Waals surface area contributed by atoms with Gasteiger partial charge in [0.25, 0.3) is 5.91 Å². The number of benzene rings is 2. The monoisotopic (exact) mass is 382 g/mol. The molecule has 0 aliphatic rings. The molecule has 28 heavy (non-hydrogen) atoms. The molecule has 0 spiro atoms. The van der Waals surface area contributed by atoms with Crippen LogP contribution in [0.4, 0.5) is 0 Å². The standard InChI is InChI=1S/C23H30N2O3/c1-17(2)20-10-12-21(13-11-20)28-16-22(26)25(18(3)23(27)24-4)15-14-19-8-6-5-7-9-19/h5-13,17-18H,14-16H2,1-4H3,(H,24,27). The molecule has 5 heteroatoms. The predicted molar refractivity (Wildman–Crippen MR) is 111 cm³/mol. The fraction of sp³-hybridized carbons (Fsp3) is 0.391. The molecule has 0 fully saturated rings. The minimum Gasteiger partial charge on any atom is -0.484 e. The van der Waals surface area contributed by atoms with Gasteiger partial charge in [-0.05, 0) is 42.5 Å². The highest BCUT2D eigenvalue weighted by Gasteiger charge is 2.25. The summed E-state index contributed by atoms with van der Waals surface area (Å²) in [7, 11) is 1.57. The maximum Gasteiger partial charge on any atom is 0.261 e. The molecular formula is C23H30N2O3. The van der Waals surface area contributed by atoms with Crippen LogP contribution in [-0.4, -0.2) is 43.0 Å². The van der Waals surface area contributed by atoms with E-state index in [2.05, 4.69) is 19.2 Å². The summed E-state index contributed by atoms with van der Waals surface area (Å²) in [4.78, 5) is 26.5. The van der Waals surface area contributed by atoms with E-state index in [1.165, 1.54) is 5.56 Å². The number of rotatable bonds is 9. The summed E-state index contributed by atoms with van der Waals surface area (Å²) >= 11 is 0. The Bertz CT molecular complexity index is 757. The van der Waals surface area contributed by atoms with Crippen molar-refractivity contribution in [2.75, 3.05) is 20.2 Å². The molecule has 0 aliphatic heterocycles. The van der Waals surface area contributed by atoms with Gasteiger partial charge in [0, 0.05) is 13.6 Å². The van der Waals surface area contributed by atoms with E-state index < -0.39 is 6.04 Å². The number of carbonyl (C=O) groups excluding carboxylic acids is 2. The topological polar surface area (TPSA) is 58.6 Å². The molecule has 2 aromatic rings. The van der Waals surface area contributed by atoms with Crippen LogP contribution in [0, 0.1) is 0 Å². The maximum atomic E-state index is 12.8. The first-order chi connectivity index (χ1) is 13.4. The molecule has 0 saturated heterocycles. The van der Waals surface area contributed by atoms with Crippen LogP contribution in [0.1, 0.15) is 37.8 Å². The van der Waals surface area contributed by atoms with Gasteiger partial charge in [-0.1, -0.05) is 56.3 Å². The van der Waals surface area contributed by atoms with E-state index in [4.69, 9.17) is 4.74 Å². The van der Waals surface area contributed by atoms with Gasteiger partial charge in [-0.15, -0.1) is 0 Å². The molecule has 0 radical (unpaired) electrons. The number of hydrogen-bond acceptors (Lipinski definition) is 3. The molecule has 1 unspecified atom stereocenters. The minimum atomic E-state index is -0.562. The van der Waals surface area contributed by atoms with E-state index in [0.29, 0.717) is 24.6 Å². The van der Waals surface area contributed by atoms with Crippen LogP contribution in [0.3, 0.4) is 0 Å². The van der Waals surface area contributed by atoms with Crippen LogP contribution in [0.2, 0.25) is 0 Å². The Morgan fingerprint density at radius 3 is 2.21 bits per heavy atom. The third-order valence-electron chi connectivity index (χ3n) is 4.81. The van der Waals surface area contributed by atoms with Gasteiger partial charge in [-0.2, -0.15) is 0 Å². The molecule has 0 aliphatic carbocycles. The van der Waals surface area contributed by atoms with Crippen molar-refractivity contribution in [1.29, 1.82) is 0 Å². The van der Waals surface area contributed by atoms with E-state index in [1.807, 2.05) is 54.6 Å². The van der Waals surface area contributed by atoms with Crippen molar-refractivity contribution in [3.8, 4) is 5.75 Å². The van der Waals surface area contributed by atoms with Crippen molar-refractivity contribution < 1.29 is 14.3 Å². The van der Waals surface area contributed by atoms with Gasteiger partial charge in [0.1, 0.15) is 11.8 Å². The van der Waals surface area contributed by atoms with E-state index in [1.54, 1.807) is 18.9 Å². The van der Waals surface area contributed by atoms with Crippen LogP contribution >= 0.6 is 0 Å². The first-order valence-corrected chi connectivity index (χ1v) is 9.70. The van der Waals surface area contributed by atoms with Gasteiger partial charge < -0.3 is 15.0 Å². The number of nitrogens with one attached hydrogen (secondary N) is 1. The fourth-order valence-corrected chi connectivity index (χ4v) is 2.96. The summed E-state index contributed by atoms with van der Waals surface area (Å²) in [5.74, 6) is 0.689. The van der Waals surface area contributed by atoms with Gasteiger partial charge in [0.15, 0.2) is 6.61 Å². The number of nitrogens with zero attached hydrogens (tertiary/aromatic N) is 1. The number of likely N-dealkylation sites (N-methyl/N-ethyl adjacent to an activating group) is 1. The zero-order valence-electron chi connectivity index (χ0n) is 17.1. The Morgan fingerprint density at radius 2 is 1.64 bits per heavy atom. The number of ether oxygens (including phenoxy) is 1. The van der Waals surface area contributed by atoms with Crippen molar-refractivity contribution >= 4 is 11.8 Å². The lowest BCUT2D eigenvalue weighted by molar-refractivity contribution is -0.141. The van der Waals surface area contributed by atoms with Crippen LogP contribution in [0.25, 0.3) is 0 Å². The Hall–Kier alpha value is -2.82. The molecule has 1 N–H and O–H groups in total. The molecule has 150 valence electrons. The summed E-state index contributed by atoms with van der Waals surface area (Å²) in [6.45, 7) is 6.34. The number of hydrogen-bond donors (Lipinski definition) is 1.